The minimum atomic E-state index is -0.668. The van der Waals surface area contributed by atoms with E-state index in [0.29, 0.717) is 0 Å². The second-order valence-electron chi connectivity index (χ2n) is 6.70. The van der Waals surface area contributed by atoms with Gasteiger partial charge in [0, 0.05) is 11.1 Å². The van der Waals surface area contributed by atoms with Crippen LogP contribution in [0.1, 0.15) is 16.0 Å². The maximum absolute atomic E-state index is 6.75. The Labute approximate surface area is 176 Å². The first kappa shape index (κ1) is 17.5. The Hall–Kier alpha value is -2.56. The van der Waals surface area contributed by atoms with Gasteiger partial charge in [0.05, 0.1) is 15.8 Å². The molecular weight excluding hydrogens is 432 g/mol. The molecule has 0 fully saturated rings. The van der Waals surface area contributed by atoms with Crippen molar-refractivity contribution in [2.24, 2.45) is 0 Å². The lowest BCUT2D eigenvalue weighted by atomic mass is 9.87. The number of hydrogen-bond acceptors (Lipinski definition) is 3. The van der Waals surface area contributed by atoms with E-state index in [1.165, 1.54) is 10.8 Å². The van der Waals surface area contributed by atoms with E-state index in [1.54, 1.807) is 18.4 Å². The Morgan fingerprint density at radius 3 is 2.50 bits per heavy atom. The Bertz CT molecular complexity index is 1190. The average molecular weight is 449 g/mol. The number of halogens is 1. The standard InChI is InChI=1S/C24H17BrO2S/c1-26-18-9-7-17(8-10-18)24(22-12-13-23(25)28-22)15-14-20-19-5-3-2-4-16(19)6-11-21(20)27-24/h2-15H,1H3. The van der Waals surface area contributed by atoms with Crippen molar-refractivity contribution in [1.82, 2.24) is 0 Å². The van der Waals surface area contributed by atoms with Gasteiger partial charge in [-0.15, -0.1) is 11.3 Å². The summed E-state index contributed by atoms with van der Waals surface area (Å²) in [6.07, 6.45) is 4.36. The van der Waals surface area contributed by atoms with E-state index in [1.807, 2.05) is 12.1 Å². The van der Waals surface area contributed by atoms with E-state index >= 15 is 0 Å². The van der Waals surface area contributed by atoms with Crippen molar-refractivity contribution >= 4 is 44.1 Å². The van der Waals surface area contributed by atoms with E-state index in [4.69, 9.17) is 9.47 Å². The zero-order valence-corrected chi connectivity index (χ0v) is 17.6. The summed E-state index contributed by atoms with van der Waals surface area (Å²) in [6, 6.07) is 24.9. The molecule has 5 rings (SSSR count). The predicted octanol–water partition coefficient (Wildman–Crippen LogP) is 7.02. The minimum absolute atomic E-state index is 0.668. The van der Waals surface area contributed by atoms with Crippen LogP contribution in [-0.4, -0.2) is 7.11 Å². The van der Waals surface area contributed by atoms with Gasteiger partial charge in [-0.05, 0) is 69.2 Å². The molecule has 4 heteroatoms. The van der Waals surface area contributed by atoms with Crippen LogP contribution in [0.15, 0.2) is 82.7 Å². The number of benzene rings is 3. The summed E-state index contributed by atoms with van der Waals surface area (Å²) in [5.74, 6) is 1.72. The fraction of sp³-hybridized carbons (Fsp3) is 0.0833. The highest BCUT2D eigenvalue weighted by atomic mass is 79.9. The smallest absolute Gasteiger partial charge is 0.187 e. The Morgan fingerprint density at radius 1 is 0.929 bits per heavy atom. The lowest BCUT2D eigenvalue weighted by Crippen LogP contribution is -2.33. The van der Waals surface area contributed by atoms with Gasteiger partial charge in [-0.3, -0.25) is 0 Å². The molecule has 1 aliphatic rings. The molecule has 138 valence electrons. The second kappa shape index (κ2) is 6.80. The van der Waals surface area contributed by atoms with Crippen LogP contribution in [0, 0.1) is 0 Å². The van der Waals surface area contributed by atoms with Gasteiger partial charge < -0.3 is 9.47 Å². The molecule has 1 atom stereocenters. The normalized spacial score (nSPS) is 17.9. The fourth-order valence-corrected chi connectivity index (χ4v) is 5.24. The van der Waals surface area contributed by atoms with E-state index in [2.05, 4.69) is 88.7 Å². The molecule has 1 aromatic heterocycles. The maximum Gasteiger partial charge on any atom is 0.187 e. The molecule has 3 aromatic carbocycles. The van der Waals surface area contributed by atoms with Crippen molar-refractivity contribution in [2.75, 3.05) is 7.11 Å². The lowest BCUT2D eigenvalue weighted by Gasteiger charge is -2.35. The number of hydrogen-bond donors (Lipinski definition) is 0. The SMILES string of the molecule is COc1ccc(C2(c3ccc(Br)s3)C=Cc3c(ccc4ccccc34)O2)cc1. The van der Waals surface area contributed by atoms with Gasteiger partial charge in [-0.1, -0.05) is 42.5 Å². The number of fused-ring (bicyclic) bond motifs is 3. The Balaban J connectivity index is 1.71. The van der Waals surface area contributed by atoms with Gasteiger partial charge >= 0.3 is 0 Å². The van der Waals surface area contributed by atoms with Gasteiger partial charge in [0.15, 0.2) is 5.60 Å². The summed E-state index contributed by atoms with van der Waals surface area (Å²) < 4.78 is 13.2. The van der Waals surface area contributed by atoms with Crippen LogP contribution in [0.5, 0.6) is 11.5 Å². The lowest BCUT2D eigenvalue weighted by molar-refractivity contribution is 0.165. The van der Waals surface area contributed by atoms with Crippen LogP contribution in [0.2, 0.25) is 0 Å². The Kier molecular flexibility index (Phi) is 4.26. The molecule has 28 heavy (non-hydrogen) atoms. The third-order valence-electron chi connectivity index (χ3n) is 5.14. The summed E-state index contributed by atoms with van der Waals surface area (Å²) in [5.41, 5.74) is 1.52. The zero-order valence-electron chi connectivity index (χ0n) is 15.2. The molecule has 0 saturated carbocycles. The van der Waals surface area contributed by atoms with Crippen molar-refractivity contribution in [3.05, 3.63) is 98.7 Å². The monoisotopic (exact) mass is 448 g/mol. The number of ether oxygens (including phenoxy) is 2. The van der Waals surface area contributed by atoms with Gasteiger partial charge in [0.25, 0.3) is 0 Å². The molecule has 0 aliphatic carbocycles. The van der Waals surface area contributed by atoms with Crippen LogP contribution in [0.4, 0.5) is 0 Å². The highest BCUT2D eigenvalue weighted by Crippen LogP contribution is 2.46. The first-order valence-electron chi connectivity index (χ1n) is 9.00. The average Bonchev–Trinajstić information content (AvgIpc) is 3.20. The number of thiophene rings is 1. The second-order valence-corrected chi connectivity index (χ2v) is 9.16. The van der Waals surface area contributed by atoms with Crippen molar-refractivity contribution in [3.63, 3.8) is 0 Å². The van der Waals surface area contributed by atoms with Crippen molar-refractivity contribution in [2.45, 2.75) is 5.60 Å². The van der Waals surface area contributed by atoms with E-state index in [9.17, 15) is 0 Å². The molecule has 0 radical (unpaired) electrons. The molecular formula is C24H17BrO2S. The molecule has 1 aliphatic heterocycles. The molecule has 2 heterocycles. The predicted molar refractivity (Wildman–Crippen MR) is 119 cm³/mol. The quantitative estimate of drug-likeness (QED) is 0.335. The van der Waals surface area contributed by atoms with Crippen molar-refractivity contribution in [3.8, 4) is 11.5 Å². The van der Waals surface area contributed by atoms with Gasteiger partial charge in [0.2, 0.25) is 0 Å². The highest BCUT2D eigenvalue weighted by molar-refractivity contribution is 9.11. The molecule has 0 bridgehead atoms. The zero-order chi connectivity index (χ0) is 19.1. The third kappa shape index (κ3) is 2.76. The minimum Gasteiger partial charge on any atom is -0.497 e. The van der Waals surface area contributed by atoms with Gasteiger partial charge in [-0.25, -0.2) is 0 Å². The summed E-state index contributed by atoms with van der Waals surface area (Å²) in [4.78, 5) is 1.12. The first-order chi connectivity index (χ1) is 13.7. The maximum atomic E-state index is 6.75. The topological polar surface area (TPSA) is 18.5 Å². The largest absolute Gasteiger partial charge is 0.497 e. The van der Waals surface area contributed by atoms with Gasteiger partial charge in [0.1, 0.15) is 11.5 Å². The highest BCUT2D eigenvalue weighted by Gasteiger charge is 2.38. The molecule has 0 N–H and O–H groups in total. The Morgan fingerprint density at radius 2 is 1.75 bits per heavy atom. The van der Waals surface area contributed by atoms with Crippen LogP contribution in [0.25, 0.3) is 16.8 Å². The third-order valence-corrected chi connectivity index (χ3v) is 6.88. The number of methoxy groups -OCH3 is 1. The fourth-order valence-electron chi connectivity index (χ4n) is 3.73. The first-order valence-corrected chi connectivity index (χ1v) is 10.6. The summed E-state index contributed by atoms with van der Waals surface area (Å²) >= 11 is 5.29. The van der Waals surface area contributed by atoms with E-state index in [-0.39, 0.29) is 0 Å². The summed E-state index contributed by atoms with van der Waals surface area (Å²) in [6.45, 7) is 0. The van der Waals surface area contributed by atoms with Crippen LogP contribution < -0.4 is 9.47 Å². The summed E-state index contributed by atoms with van der Waals surface area (Å²) in [7, 11) is 1.68. The molecule has 4 aromatic rings. The van der Waals surface area contributed by atoms with Crippen LogP contribution >= 0.6 is 27.3 Å². The van der Waals surface area contributed by atoms with E-state index < -0.39 is 5.60 Å². The number of rotatable bonds is 3. The molecule has 0 saturated heterocycles. The van der Waals surface area contributed by atoms with Crippen LogP contribution in [-0.2, 0) is 5.60 Å². The van der Waals surface area contributed by atoms with Crippen molar-refractivity contribution < 1.29 is 9.47 Å². The molecule has 2 nitrogen and oxygen atoms in total. The van der Waals surface area contributed by atoms with Crippen molar-refractivity contribution in [1.29, 1.82) is 0 Å². The molecule has 1 unspecified atom stereocenters. The van der Waals surface area contributed by atoms with E-state index in [0.717, 1.165) is 31.3 Å². The molecule has 0 amide bonds. The molecule has 0 spiro atoms. The summed E-state index contributed by atoms with van der Waals surface area (Å²) in [5, 5.41) is 2.41. The van der Waals surface area contributed by atoms with Crippen LogP contribution in [0.3, 0.4) is 0 Å². The van der Waals surface area contributed by atoms with Gasteiger partial charge in [-0.2, -0.15) is 0 Å².